The van der Waals surface area contributed by atoms with Gasteiger partial charge in [0, 0.05) is 19.2 Å². The maximum atomic E-state index is 11.2. The molecule has 0 bridgehead atoms. The second-order valence-corrected chi connectivity index (χ2v) is 3.96. The highest BCUT2D eigenvalue weighted by Gasteiger charge is 1.95. The van der Waals surface area contributed by atoms with Crippen molar-refractivity contribution in [2.24, 2.45) is 0 Å². The van der Waals surface area contributed by atoms with E-state index >= 15 is 0 Å². The molecule has 1 aromatic heterocycles. The van der Waals surface area contributed by atoms with Gasteiger partial charge in [-0.25, -0.2) is 0 Å². The molecule has 5 heteroatoms. The Hall–Kier alpha value is -1.20. The lowest BCUT2D eigenvalue weighted by Crippen LogP contribution is -2.22. The molecule has 0 unspecified atom stereocenters. The van der Waals surface area contributed by atoms with E-state index in [1.165, 1.54) is 17.8 Å². The Labute approximate surface area is 98.7 Å². The van der Waals surface area contributed by atoms with E-state index in [-0.39, 0.29) is 12.5 Å². The first-order valence-corrected chi connectivity index (χ1v) is 6.07. The van der Waals surface area contributed by atoms with E-state index in [9.17, 15) is 4.79 Å². The highest BCUT2D eigenvalue weighted by Crippen LogP contribution is 2.12. The molecule has 0 radical (unpaired) electrons. The van der Waals surface area contributed by atoms with Crippen LogP contribution in [0.5, 0.6) is 0 Å². The van der Waals surface area contributed by atoms with Crippen LogP contribution in [0.3, 0.4) is 0 Å². The summed E-state index contributed by atoms with van der Waals surface area (Å²) in [6, 6.07) is 3.73. The number of hydrogen-bond acceptors (Lipinski definition) is 4. The lowest BCUT2D eigenvalue weighted by molar-refractivity contribution is -0.116. The Morgan fingerprint density at radius 1 is 1.62 bits per heavy atom. The molecule has 88 valence electrons. The minimum Gasteiger partial charge on any atom is -0.468 e. The minimum atomic E-state index is -0.139. The highest BCUT2D eigenvalue weighted by molar-refractivity contribution is 8.01. The van der Waals surface area contributed by atoms with E-state index in [0.29, 0.717) is 18.7 Å². The van der Waals surface area contributed by atoms with Crippen LogP contribution in [0, 0.1) is 0 Å². The molecule has 1 heterocycles. The molecule has 0 aliphatic carbocycles. The first-order chi connectivity index (χ1) is 7.83. The van der Waals surface area contributed by atoms with Crippen LogP contribution in [0.1, 0.15) is 12.2 Å². The van der Waals surface area contributed by atoms with Crippen LogP contribution < -0.4 is 5.32 Å². The standard InChI is InChI=1S/C11H15NO3S/c13-6-2-5-12-11(14)4-8-16-9-10-3-1-7-15-10/h1,3-4,7-8,13H,2,5-6,9H2,(H,12,14)/b8-4+. The normalized spacial score (nSPS) is 10.8. The van der Waals surface area contributed by atoms with Gasteiger partial charge in [0.25, 0.3) is 0 Å². The van der Waals surface area contributed by atoms with E-state index in [4.69, 9.17) is 9.52 Å². The second-order valence-electron chi connectivity index (χ2n) is 3.06. The number of amides is 1. The molecule has 1 amide bonds. The van der Waals surface area contributed by atoms with Crippen molar-refractivity contribution >= 4 is 17.7 Å². The molecule has 16 heavy (non-hydrogen) atoms. The molecule has 1 rings (SSSR count). The Balaban J connectivity index is 2.09. The van der Waals surface area contributed by atoms with Crippen LogP contribution in [-0.2, 0) is 10.5 Å². The van der Waals surface area contributed by atoms with Crippen molar-refractivity contribution in [3.8, 4) is 0 Å². The first kappa shape index (κ1) is 12.9. The summed E-state index contributed by atoms with van der Waals surface area (Å²) in [5, 5.41) is 12.9. The van der Waals surface area contributed by atoms with E-state index in [2.05, 4.69) is 5.32 Å². The molecule has 0 saturated heterocycles. The summed E-state index contributed by atoms with van der Waals surface area (Å²) in [7, 11) is 0. The zero-order valence-corrected chi connectivity index (χ0v) is 9.70. The number of hydrogen-bond donors (Lipinski definition) is 2. The lowest BCUT2D eigenvalue weighted by atomic mass is 10.4. The van der Waals surface area contributed by atoms with Crippen LogP contribution in [0.25, 0.3) is 0 Å². The third-order valence-corrected chi connectivity index (χ3v) is 2.54. The monoisotopic (exact) mass is 241 g/mol. The molecule has 4 nitrogen and oxygen atoms in total. The summed E-state index contributed by atoms with van der Waals surface area (Å²) in [5.74, 6) is 1.46. The maximum absolute atomic E-state index is 11.2. The predicted octanol–water partition coefficient (Wildman–Crippen LogP) is 1.53. The fraction of sp³-hybridized carbons (Fsp3) is 0.364. The quantitative estimate of drug-likeness (QED) is 0.561. The smallest absolute Gasteiger partial charge is 0.244 e. The van der Waals surface area contributed by atoms with Crippen molar-refractivity contribution in [3.05, 3.63) is 35.6 Å². The van der Waals surface area contributed by atoms with Gasteiger partial charge in [0.1, 0.15) is 5.76 Å². The maximum Gasteiger partial charge on any atom is 0.244 e. The summed E-state index contributed by atoms with van der Waals surface area (Å²) in [6.45, 7) is 0.597. The number of nitrogens with one attached hydrogen (secondary N) is 1. The van der Waals surface area contributed by atoms with Crippen LogP contribution in [0.2, 0.25) is 0 Å². The predicted molar refractivity (Wildman–Crippen MR) is 63.9 cm³/mol. The number of furan rings is 1. The molecule has 0 atom stereocenters. The van der Waals surface area contributed by atoms with Crippen molar-refractivity contribution in [1.29, 1.82) is 0 Å². The summed E-state index contributed by atoms with van der Waals surface area (Å²) >= 11 is 1.49. The van der Waals surface area contributed by atoms with Crippen LogP contribution in [-0.4, -0.2) is 24.2 Å². The molecule has 0 aromatic carbocycles. The topological polar surface area (TPSA) is 62.5 Å². The SMILES string of the molecule is O=C(/C=C/SCc1ccco1)NCCCO. The van der Waals surface area contributed by atoms with Gasteiger partial charge in [-0.05, 0) is 24.0 Å². The van der Waals surface area contributed by atoms with Crippen molar-refractivity contribution in [2.75, 3.05) is 13.2 Å². The molecule has 0 aliphatic rings. The highest BCUT2D eigenvalue weighted by atomic mass is 32.2. The van der Waals surface area contributed by atoms with Crippen LogP contribution >= 0.6 is 11.8 Å². The Bertz CT molecular complexity index is 322. The molecule has 0 spiro atoms. The number of aliphatic hydroxyl groups is 1. The number of carbonyl (C=O) groups is 1. The fourth-order valence-corrected chi connectivity index (χ4v) is 1.63. The van der Waals surface area contributed by atoms with Gasteiger partial charge in [-0.15, -0.1) is 11.8 Å². The van der Waals surface area contributed by atoms with Crippen LogP contribution in [0.15, 0.2) is 34.3 Å². The van der Waals surface area contributed by atoms with Crippen molar-refractivity contribution in [2.45, 2.75) is 12.2 Å². The van der Waals surface area contributed by atoms with Gasteiger partial charge in [0.2, 0.25) is 5.91 Å². The van der Waals surface area contributed by atoms with Gasteiger partial charge in [0.15, 0.2) is 0 Å². The van der Waals surface area contributed by atoms with E-state index in [1.807, 2.05) is 12.1 Å². The second kappa shape index (κ2) is 8.01. The first-order valence-electron chi connectivity index (χ1n) is 5.02. The third kappa shape index (κ3) is 5.63. The summed E-state index contributed by atoms with van der Waals surface area (Å²) in [5.41, 5.74) is 0. The van der Waals surface area contributed by atoms with Gasteiger partial charge in [-0.3, -0.25) is 4.79 Å². The number of carbonyl (C=O) groups excluding carboxylic acids is 1. The molecule has 0 fully saturated rings. The number of aliphatic hydroxyl groups excluding tert-OH is 1. The molecule has 1 aromatic rings. The van der Waals surface area contributed by atoms with Gasteiger partial charge < -0.3 is 14.8 Å². The molecule has 0 aliphatic heterocycles. The zero-order valence-electron chi connectivity index (χ0n) is 8.89. The summed E-state index contributed by atoms with van der Waals surface area (Å²) < 4.78 is 5.14. The van der Waals surface area contributed by atoms with Gasteiger partial charge in [-0.1, -0.05) is 0 Å². The van der Waals surface area contributed by atoms with Gasteiger partial charge in [-0.2, -0.15) is 0 Å². The molecule has 0 saturated carbocycles. The summed E-state index contributed by atoms with van der Waals surface area (Å²) in [6.07, 6.45) is 3.69. The average Bonchev–Trinajstić information content (AvgIpc) is 2.78. The van der Waals surface area contributed by atoms with Crippen LogP contribution in [0.4, 0.5) is 0 Å². The Morgan fingerprint density at radius 3 is 3.19 bits per heavy atom. The largest absolute Gasteiger partial charge is 0.468 e. The van der Waals surface area contributed by atoms with E-state index in [0.717, 1.165) is 5.76 Å². The van der Waals surface area contributed by atoms with Crippen molar-refractivity contribution in [1.82, 2.24) is 5.32 Å². The van der Waals surface area contributed by atoms with E-state index < -0.39 is 0 Å². The Morgan fingerprint density at radius 2 is 2.50 bits per heavy atom. The van der Waals surface area contributed by atoms with Gasteiger partial charge >= 0.3 is 0 Å². The zero-order chi connectivity index (χ0) is 11.6. The molecular formula is C11H15NO3S. The number of thioether (sulfide) groups is 1. The number of rotatable bonds is 7. The van der Waals surface area contributed by atoms with Gasteiger partial charge in [0.05, 0.1) is 12.0 Å². The summed E-state index contributed by atoms with van der Waals surface area (Å²) in [4.78, 5) is 11.2. The average molecular weight is 241 g/mol. The lowest BCUT2D eigenvalue weighted by Gasteiger charge is -1.98. The third-order valence-electron chi connectivity index (χ3n) is 1.76. The fourth-order valence-electron chi connectivity index (χ4n) is 0.984. The van der Waals surface area contributed by atoms with E-state index in [1.54, 1.807) is 11.7 Å². The minimum absolute atomic E-state index is 0.0945. The Kier molecular flexibility index (Phi) is 6.44. The molecule has 2 N–H and O–H groups in total. The van der Waals surface area contributed by atoms with Crippen molar-refractivity contribution in [3.63, 3.8) is 0 Å². The molecular weight excluding hydrogens is 226 g/mol. The van der Waals surface area contributed by atoms with Crippen molar-refractivity contribution < 1.29 is 14.3 Å².